The van der Waals surface area contributed by atoms with Gasteiger partial charge in [0.05, 0.1) is 0 Å². The van der Waals surface area contributed by atoms with Crippen LogP contribution in [0.3, 0.4) is 0 Å². The van der Waals surface area contributed by atoms with E-state index in [2.05, 4.69) is 41.2 Å². The van der Waals surface area contributed by atoms with Crippen LogP contribution in [-0.2, 0) is 0 Å². The van der Waals surface area contributed by atoms with E-state index < -0.39 is 0 Å². The lowest BCUT2D eigenvalue weighted by atomic mass is 9.83. The number of hydrogen-bond donors (Lipinski definition) is 0. The fraction of sp³-hybridized carbons (Fsp3) is 0.900. The molecule has 0 spiro atoms. The van der Waals surface area contributed by atoms with Crippen LogP contribution < -0.4 is 0 Å². The molecular weight excluding hydrogens is 240 g/mol. The first-order valence-corrected chi connectivity index (χ1v) is 9.11. The molecule has 0 heteroatoms. The SMILES string of the molecule is C=C(C)CCCCC(C)CC(C)C(C)CCCCCC. The molecule has 0 aromatic rings. The molecule has 0 rings (SSSR count). The van der Waals surface area contributed by atoms with Crippen molar-refractivity contribution in [3.05, 3.63) is 12.2 Å². The molecule has 0 N–H and O–H groups in total. The normalized spacial score (nSPS) is 15.8. The topological polar surface area (TPSA) is 0 Å². The minimum absolute atomic E-state index is 0.896. The standard InChI is InChI=1S/C20H40/c1-7-8-9-10-15-19(5)20(6)16-18(4)14-12-11-13-17(2)3/h18-20H,2,7-16H2,1,3-6H3. The number of allylic oxidation sites excluding steroid dienone is 1. The van der Waals surface area contributed by atoms with Gasteiger partial charge in [-0.05, 0) is 43.9 Å². The van der Waals surface area contributed by atoms with Crippen molar-refractivity contribution in [2.45, 2.75) is 98.8 Å². The summed E-state index contributed by atoms with van der Waals surface area (Å²) in [5.41, 5.74) is 1.34. The third-order valence-corrected chi connectivity index (χ3v) is 4.81. The highest BCUT2D eigenvalue weighted by molar-refractivity contribution is 4.87. The summed E-state index contributed by atoms with van der Waals surface area (Å²) in [5, 5.41) is 0. The smallest absolute Gasteiger partial charge is 0.0326 e. The van der Waals surface area contributed by atoms with Crippen molar-refractivity contribution in [2.75, 3.05) is 0 Å². The van der Waals surface area contributed by atoms with E-state index in [0.717, 1.165) is 17.8 Å². The van der Waals surface area contributed by atoms with Gasteiger partial charge in [-0.1, -0.05) is 78.2 Å². The Kier molecular flexibility index (Phi) is 12.3. The van der Waals surface area contributed by atoms with E-state index in [4.69, 9.17) is 0 Å². The van der Waals surface area contributed by atoms with Crippen LogP contribution in [0.15, 0.2) is 12.2 Å². The predicted octanol–water partition coefficient (Wildman–Crippen LogP) is 7.39. The van der Waals surface area contributed by atoms with Crippen molar-refractivity contribution in [1.29, 1.82) is 0 Å². The van der Waals surface area contributed by atoms with Gasteiger partial charge in [0, 0.05) is 0 Å². The molecule has 0 saturated heterocycles. The highest BCUT2D eigenvalue weighted by Gasteiger charge is 2.15. The third kappa shape index (κ3) is 11.6. The zero-order valence-corrected chi connectivity index (χ0v) is 15.0. The van der Waals surface area contributed by atoms with Gasteiger partial charge in [-0.25, -0.2) is 0 Å². The second-order valence-corrected chi connectivity index (χ2v) is 7.35. The second-order valence-electron chi connectivity index (χ2n) is 7.35. The predicted molar refractivity (Wildman–Crippen MR) is 94.2 cm³/mol. The van der Waals surface area contributed by atoms with Crippen LogP contribution in [-0.4, -0.2) is 0 Å². The lowest BCUT2D eigenvalue weighted by Gasteiger charge is -2.23. The van der Waals surface area contributed by atoms with Crippen LogP contribution in [0.4, 0.5) is 0 Å². The zero-order chi connectivity index (χ0) is 15.4. The fourth-order valence-corrected chi connectivity index (χ4v) is 3.08. The molecular formula is C20H40. The summed E-state index contributed by atoms with van der Waals surface area (Å²) in [6.07, 6.45) is 13.8. The highest BCUT2D eigenvalue weighted by Crippen LogP contribution is 2.27. The Morgan fingerprint density at radius 1 is 0.850 bits per heavy atom. The van der Waals surface area contributed by atoms with Crippen LogP contribution in [0.25, 0.3) is 0 Å². The Bertz CT molecular complexity index is 228. The number of hydrogen-bond acceptors (Lipinski definition) is 0. The first kappa shape index (κ1) is 19.7. The monoisotopic (exact) mass is 280 g/mol. The van der Waals surface area contributed by atoms with Crippen LogP contribution in [0.2, 0.25) is 0 Å². The van der Waals surface area contributed by atoms with Gasteiger partial charge in [0.15, 0.2) is 0 Å². The van der Waals surface area contributed by atoms with Crippen LogP contribution in [0, 0.1) is 17.8 Å². The van der Waals surface area contributed by atoms with Crippen LogP contribution in [0.5, 0.6) is 0 Å². The van der Waals surface area contributed by atoms with Gasteiger partial charge < -0.3 is 0 Å². The molecule has 0 aromatic heterocycles. The Balaban J connectivity index is 3.65. The summed E-state index contributed by atoms with van der Waals surface area (Å²) >= 11 is 0. The number of unbranched alkanes of at least 4 members (excludes halogenated alkanes) is 4. The molecule has 0 heterocycles. The molecule has 0 radical (unpaired) electrons. The first-order chi connectivity index (χ1) is 9.47. The maximum Gasteiger partial charge on any atom is -0.0326 e. The van der Waals surface area contributed by atoms with Crippen molar-refractivity contribution in [3.63, 3.8) is 0 Å². The molecule has 0 amide bonds. The van der Waals surface area contributed by atoms with Crippen molar-refractivity contribution in [3.8, 4) is 0 Å². The van der Waals surface area contributed by atoms with E-state index in [1.807, 2.05) is 0 Å². The second kappa shape index (κ2) is 12.5. The van der Waals surface area contributed by atoms with Crippen LogP contribution in [0.1, 0.15) is 98.8 Å². The highest BCUT2D eigenvalue weighted by atomic mass is 14.2. The first-order valence-electron chi connectivity index (χ1n) is 9.11. The summed E-state index contributed by atoms with van der Waals surface area (Å²) in [4.78, 5) is 0. The lowest BCUT2D eigenvalue weighted by molar-refractivity contribution is 0.282. The lowest BCUT2D eigenvalue weighted by Crippen LogP contribution is -2.12. The quantitative estimate of drug-likeness (QED) is 0.244. The molecule has 0 aliphatic rings. The van der Waals surface area contributed by atoms with Crippen LogP contribution >= 0.6 is 0 Å². The minimum Gasteiger partial charge on any atom is -0.100 e. The molecule has 20 heavy (non-hydrogen) atoms. The summed E-state index contributed by atoms with van der Waals surface area (Å²) < 4.78 is 0. The molecule has 3 atom stereocenters. The number of rotatable bonds is 13. The van der Waals surface area contributed by atoms with Crippen molar-refractivity contribution >= 4 is 0 Å². The summed E-state index contributed by atoms with van der Waals surface area (Å²) in [6, 6.07) is 0. The van der Waals surface area contributed by atoms with E-state index >= 15 is 0 Å². The molecule has 0 aliphatic carbocycles. The van der Waals surface area contributed by atoms with Gasteiger partial charge >= 0.3 is 0 Å². The summed E-state index contributed by atoms with van der Waals surface area (Å²) in [6.45, 7) is 15.8. The maximum atomic E-state index is 3.99. The molecule has 0 nitrogen and oxygen atoms in total. The molecule has 0 bridgehead atoms. The fourth-order valence-electron chi connectivity index (χ4n) is 3.08. The molecule has 0 aromatic carbocycles. The summed E-state index contributed by atoms with van der Waals surface area (Å²) in [5.74, 6) is 2.70. The molecule has 0 aliphatic heterocycles. The zero-order valence-electron chi connectivity index (χ0n) is 15.0. The molecule has 0 fully saturated rings. The Morgan fingerprint density at radius 2 is 1.50 bits per heavy atom. The summed E-state index contributed by atoms with van der Waals surface area (Å²) in [7, 11) is 0. The van der Waals surface area contributed by atoms with E-state index in [1.54, 1.807) is 0 Å². The average molecular weight is 281 g/mol. The molecule has 0 saturated carbocycles. The Morgan fingerprint density at radius 3 is 2.10 bits per heavy atom. The van der Waals surface area contributed by atoms with Gasteiger partial charge in [-0.2, -0.15) is 0 Å². The van der Waals surface area contributed by atoms with E-state index in [-0.39, 0.29) is 0 Å². The van der Waals surface area contributed by atoms with Gasteiger partial charge in [0.1, 0.15) is 0 Å². The third-order valence-electron chi connectivity index (χ3n) is 4.81. The largest absolute Gasteiger partial charge is 0.100 e. The molecule has 120 valence electrons. The van der Waals surface area contributed by atoms with Crippen molar-refractivity contribution in [1.82, 2.24) is 0 Å². The van der Waals surface area contributed by atoms with Gasteiger partial charge in [-0.15, -0.1) is 6.58 Å². The van der Waals surface area contributed by atoms with E-state index in [9.17, 15) is 0 Å². The van der Waals surface area contributed by atoms with Gasteiger partial charge in [-0.3, -0.25) is 0 Å². The van der Waals surface area contributed by atoms with Gasteiger partial charge in [0.25, 0.3) is 0 Å². The maximum absolute atomic E-state index is 3.99. The minimum atomic E-state index is 0.896. The average Bonchev–Trinajstić information content (AvgIpc) is 2.39. The Labute approximate surface area is 129 Å². The van der Waals surface area contributed by atoms with E-state index in [0.29, 0.717) is 0 Å². The van der Waals surface area contributed by atoms with E-state index in [1.165, 1.54) is 69.8 Å². The van der Waals surface area contributed by atoms with Crippen molar-refractivity contribution < 1.29 is 0 Å². The molecule has 3 unspecified atom stereocenters. The van der Waals surface area contributed by atoms with Crippen molar-refractivity contribution in [2.24, 2.45) is 17.8 Å². The van der Waals surface area contributed by atoms with Gasteiger partial charge in [0.2, 0.25) is 0 Å². The Hall–Kier alpha value is -0.260.